The summed E-state index contributed by atoms with van der Waals surface area (Å²) >= 11 is 0. The fourth-order valence-corrected chi connectivity index (χ4v) is 10.2. The fourth-order valence-electron chi connectivity index (χ4n) is 8.67. The van der Waals surface area contributed by atoms with Gasteiger partial charge in [-0.05, 0) is 31.6 Å². The fraction of sp³-hybridized carbons (Fsp3) is 0.932. The van der Waals surface area contributed by atoms with Gasteiger partial charge in [0.2, 0.25) is 0 Å². The van der Waals surface area contributed by atoms with E-state index in [4.69, 9.17) is 37.0 Å². The zero-order valence-electron chi connectivity index (χ0n) is 49.8. The van der Waals surface area contributed by atoms with E-state index in [2.05, 4.69) is 34.6 Å². The second kappa shape index (κ2) is 53.1. The summed E-state index contributed by atoms with van der Waals surface area (Å²) in [6.45, 7) is 7.05. The number of esters is 4. The van der Waals surface area contributed by atoms with Crippen LogP contribution in [0.2, 0.25) is 0 Å². The summed E-state index contributed by atoms with van der Waals surface area (Å²) < 4.78 is 67.4. The van der Waals surface area contributed by atoms with Crippen molar-refractivity contribution < 1.29 is 80.2 Å². The lowest BCUT2D eigenvalue weighted by Gasteiger charge is -2.21. The van der Waals surface area contributed by atoms with E-state index in [0.29, 0.717) is 25.7 Å². The van der Waals surface area contributed by atoms with Gasteiger partial charge in [0.15, 0.2) is 12.2 Å². The molecule has 0 aromatic rings. The quantitative estimate of drug-likeness (QED) is 0.0222. The number of phosphoric acid groups is 2. The molecule has 3 N–H and O–H groups in total. The van der Waals surface area contributed by atoms with Crippen molar-refractivity contribution in [3.63, 3.8) is 0 Å². The van der Waals surface area contributed by atoms with E-state index in [1.54, 1.807) is 0 Å². The highest BCUT2D eigenvalue weighted by atomic mass is 31.2. The Balaban J connectivity index is 5.08. The van der Waals surface area contributed by atoms with Crippen molar-refractivity contribution in [3.8, 4) is 0 Å². The first-order valence-corrected chi connectivity index (χ1v) is 34.2. The second-order valence-electron chi connectivity index (χ2n) is 21.6. The third-order valence-corrected chi connectivity index (χ3v) is 15.8. The van der Waals surface area contributed by atoms with Gasteiger partial charge in [-0.25, -0.2) is 9.13 Å². The summed E-state index contributed by atoms with van der Waals surface area (Å²) in [4.78, 5) is 71.5. The maximum Gasteiger partial charge on any atom is 0.472 e. The lowest BCUT2D eigenvalue weighted by Crippen LogP contribution is -2.30. The summed E-state index contributed by atoms with van der Waals surface area (Å²) in [6.07, 6.45) is 35.4. The number of aliphatic hydroxyl groups is 1. The third-order valence-electron chi connectivity index (χ3n) is 13.9. The van der Waals surface area contributed by atoms with Crippen LogP contribution in [0.5, 0.6) is 0 Å². The van der Waals surface area contributed by atoms with Crippen molar-refractivity contribution in [1.29, 1.82) is 0 Å². The first-order chi connectivity index (χ1) is 37.6. The molecule has 0 fully saturated rings. The molecule has 0 heterocycles. The van der Waals surface area contributed by atoms with E-state index in [9.17, 15) is 43.2 Å². The number of phosphoric ester groups is 2. The molecule has 6 atom stereocenters. The molecular formula is C59H114O17P2. The van der Waals surface area contributed by atoms with E-state index in [1.807, 2.05) is 0 Å². The van der Waals surface area contributed by atoms with Crippen LogP contribution in [0.3, 0.4) is 0 Å². The second-order valence-corrected chi connectivity index (χ2v) is 24.5. The summed E-state index contributed by atoms with van der Waals surface area (Å²) in [7, 11) is -9.86. The number of aliphatic hydroxyl groups excluding tert-OH is 1. The first kappa shape index (κ1) is 76.1. The Bertz CT molecular complexity index is 1540. The third kappa shape index (κ3) is 52.2. The molecule has 0 aromatic heterocycles. The van der Waals surface area contributed by atoms with Gasteiger partial charge in [0.25, 0.3) is 0 Å². The van der Waals surface area contributed by atoms with Gasteiger partial charge in [0, 0.05) is 25.7 Å². The topological polar surface area (TPSA) is 237 Å². The van der Waals surface area contributed by atoms with Gasteiger partial charge in [-0.3, -0.25) is 37.3 Å². The highest BCUT2D eigenvalue weighted by Gasteiger charge is 2.30. The summed E-state index contributed by atoms with van der Waals surface area (Å²) in [5.41, 5.74) is 0. The van der Waals surface area contributed by atoms with Crippen molar-refractivity contribution in [3.05, 3.63) is 0 Å². The Hall–Kier alpha value is -1.94. The predicted molar refractivity (Wildman–Crippen MR) is 308 cm³/mol. The Morgan fingerprint density at radius 3 is 0.910 bits per heavy atom. The molecule has 0 spiro atoms. The zero-order chi connectivity index (χ0) is 57.8. The average molecular weight is 1160 g/mol. The van der Waals surface area contributed by atoms with Crippen molar-refractivity contribution in [2.24, 2.45) is 5.92 Å². The maximum absolute atomic E-state index is 12.9. The smallest absolute Gasteiger partial charge is 0.462 e. The number of hydrogen-bond acceptors (Lipinski definition) is 15. The van der Waals surface area contributed by atoms with Crippen molar-refractivity contribution in [2.75, 3.05) is 39.6 Å². The van der Waals surface area contributed by atoms with Crippen molar-refractivity contribution in [1.82, 2.24) is 0 Å². The summed E-state index contributed by atoms with van der Waals surface area (Å²) in [5, 5.41) is 10.5. The minimum absolute atomic E-state index is 0.103. The van der Waals surface area contributed by atoms with Crippen molar-refractivity contribution >= 4 is 39.5 Å². The molecule has 0 aliphatic carbocycles. The number of hydrogen-bond donors (Lipinski definition) is 3. The average Bonchev–Trinajstić information content (AvgIpc) is 3.41. The molecule has 0 radical (unpaired) electrons. The molecule has 17 nitrogen and oxygen atoms in total. The lowest BCUT2D eigenvalue weighted by molar-refractivity contribution is -0.161. The summed E-state index contributed by atoms with van der Waals surface area (Å²) in [5.74, 6) is -1.31. The van der Waals surface area contributed by atoms with Crippen LogP contribution in [-0.2, 0) is 65.4 Å². The standard InChI is InChI=1S/C59H114O17P2/c1-6-10-13-16-18-29-33-38-43-57(62)70-49-55(76-59(64)45-40-35-30-26-24-22-20-19-21-23-25-28-32-36-41-52(5)9-4)51-74-78(67,68)72-47-53(60)46-71-77(65,66)73-50-54(48-69-56(61)42-37-31-15-12-8-3)75-58(63)44-39-34-27-17-14-11-7-2/h52-55,60H,6-51H2,1-5H3,(H,65,66)(H,67,68)/t52?,53-,54+,55+/m0/s1. The van der Waals surface area contributed by atoms with Gasteiger partial charge < -0.3 is 33.8 Å². The molecule has 0 amide bonds. The van der Waals surface area contributed by atoms with Gasteiger partial charge >= 0.3 is 39.5 Å². The maximum atomic E-state index is 12.9. The minimum Gasteiger partial charge on any atom is -0.462 e. The van der Waals surface area contributed by atoms with Gasteiger partial charge in [0.1, 0.15) is 19.3 Å². The Morgan fingerprint density at radius 1 is 0.359 bits per heavy atom. The lowest BCUT2D eigenvalue weighted by atomic mass is 9.99. The van der Waals surface area contributed by atoms with Crippen LogP contribution in [0.4, 0.5) is 0 Å². The molecule has 78 heavy (non-hydrogen) atoms. The van der Waals surface area contributed by atoms with Crippen LogP contribution in [0, 0.1) is 5.92 Å². The van der Waals surface area contributed by atoms with E-state index in [-0.39, 0.29) is 25.7 Å². The van der Waals surface area contributed by atoms with Crippen LogP contribution in [0.25, 0.3) is 0 Å². The van der Waals surface area contributed by atoms with Gasteiger partial charge in [0.05, 0.1) is 26.4 Å². The minimum atomic E-state index is -4.93. The van der Waals surface area contributed by atoms with Crippen LogP contribution in [0.15, 0.2) is 0 Å². The Labute approximate surface area is 473 Å². The highest BCUT2D eigenvalue weighted by molar-refractivity contribution is 7.47. The van der Waals surface area contributed by atoms with E-state index >= 15 is 0 Å². The van der Waals surface area contributed by atoms with Gasteiger partial charge in [-0.2, -0.15) is 0 Å². The van der Waals surface area contributed by atoms with Crippen LogP contribution in [-0.4, -0.2) is 96.7 Å². The van der Waals surface area contributed by atoms with Gasteiger partial charge in [-0.15, -0.1) is 0 Å². The summed E-state index contributed by atoms with van der Waals surface area (Å²) in [6, 6.07) is 0. The molecule has 0 bridgehead atoms. The first-order valence-electron chi connectivity index (χ1n) is 31.2. The molecule has 0 rings (SSSR count). The number of carbonyl (C=O) groups excluding carboxylic acids is 4. The molecule has 19 heteroatoms. The molecule has 0 saturated carbocycles. The highest BCUT2D eigenvalue weighted by Crippen LogP contribution is 2.45. The molecular weight excluding hydrogens is 1040 g/mol. The normalized spacial score (nSPS) is 14.7. The Morgan fingerprint density at radius 2 is 0.615 bits per heavy atom. The predicted octanol–water partition coefficient (Wildman–Crippen LogP) is 15.8. The number of unbranched alkanes of at least 4 members (excludes halogenated alkanes) is 30. The van der Waals surface area contributed by atoms with E-state index in [0.717, 1.165) is 121 Å². The van der Waals surface area contributed by atoms with Crippen LogP contribution >= 0.6 is 15.6 Å². The van der Waals surface area contributed by atoms with E-state index < -0.39 is 97.5 Å². The molecule has 0 saturated heterocycles. The monoisotopic (exact) mass is 1160 g/mol. The van der Waals surface area contributed by atoms with Gasteiger partial charge in [-0.1, -0.05) is 240 Å². The molecule has 0 aliphatic rings. The molecule has 462 valence electrons. The molecule has 0 aliphatic heterocycles. The van der Waals surface area contributed by atoms with Crippen molar-refractivity contribution in [2.45, 2.75) is 310 Å². The molecule has 0 aromatic carbocycles. The number of carbonyl (C=O) groups is 4. The van der Waals surface area contributed by atoms with Crippen LogP contribution in [0.1, 0.15) is 291 Å². The number of rotatable bonds is 59. The van der Waals surface area contributed by atoms with Crippen LogP contribution < -0.4 is 0 Å². The largest absolute Gasteiger partial charge is 0.472 e. The molecule has 3 unspecified atom stereocenters. The number of ether oxygens (including phenoxy) is 4. The Kier molecular flexibility index (Phi) is 51.8. The zero-order valence-corrected chi connectivity index (χ0v) is 51.6. The SMILES string of the molecule is CCCCCCCCCCC(=O)OC[C@H](COP(=O)(O)OC[C@@H](O)COP(=O)(O)OC[C@@H](COC(=O)CCCCCCC)OC(=O)CCCCCCCCC)OC(=O)CCCCCCCCCCCCCCCCC(C)CC. The van der Waals surface area contributed by atoms with E-state index in [1.165, 1.54) is 89.9 Å².